The Morgan fingerprint density at radius 2 is 2.05 bits per heavy atom. The maximum absolute atomic E-state index is 12.2. The van der Waals surface area contributed by atoms with Gasteiger partial charge in [-0.1, -0.05) is 23.7 Å². The van der Waals surface area contributed by atoms with Gasteiger partial charge in [-0.25, -0.2) is 13.1 Å². The molecule has 2 aromatic rings. The molecule has 0 unspecified atom stereocenters. The van der Waals surface area contributed by atoms with Gasteiger partial charge in [-0.15, -0.1) is 11.3 Å². The second kappa shape index (κ2) is 5.93. The molecule has 0 saturated heterocycles. The van der Waals surface area contributed by atoms with Crippen molar-refractivity contribution in [3.05, 3.63) is 50.8 Å². The molecule has 0 bridgehead atoms. The van der Waals surface area contributed by atoms with E-state index in [2.05, 4.69) is 20.7 Å². The molecule has 0 radical (unpaired) electrons. The molecule has 0 aliphatic carbocycles. The van der Waals surface area contributed by atoms with Gasteiger partial charge in [0.05, 0.1) is 3.79 Å². The fourth-order valence-corrected chi connectivity index (χ4v) is 5.03. The molecule has 1 atom stereocenters. The fourth-order valence-electron chi connectivity index (χ4n) is 1.58. The van der Waals surface area contributed by atoms with E-state index in [4.69, 9.17) is 11.6 Å². The van der Waals surface area contributed by atoms with Gasteiger partial charge >= 0.3 is 0 Å². The summed E-state index contributed by atoms with van der Waals surface area (Å²) in [5.41, 5.74) is 0.826. The summed E-state index contributed by atoms with van der Waals surface area (Å²) in [5.74, 6) is 0. The zero-order valence-electron chi connectivity index (χ0n) is 9.93. The molecule has 1 aromatic carbocycles. The fraction of sp³-hybridized carbons (Fsp3) is 0.167. The zero-order valence-corrected chi connectivity index (χ0v) is 13.9. The Labute approximate surface area is 129 Å². The molecule has 2 rings (SSSR count). The number of benzene rings is 1. The second-order valence-electron chi connectivity index (χ2n) is 3.96. The van der Waals surface area contributed by atoms with E-state index in [1.165, 1.54) is 11.3 Å². The van der Waals surface area contributed by atoms with Gasteiger partial charge in [-0.3, -0.25) is 0 Å². The summed E-state index contributed by atoms with van der Waals surface area (Å²) in [6, 6.07) is 10.1. The maximum atomic E-state index is 12.2. The quantitative estimate of drug-likeness (QED) is 0.864. The topological polar surface area (TPSA) is 46.2 Å². The van der Waals surface area contributed by atoms with Crippen LogP contribution in [0, 0.1) is 0 Å². The number of rotatable bonds is 4. The number of sulfonamides is 1. The number of halogens is 2. The SMILES string of the molecule is C[C@@H](NS(=O)(=O)c1ccc(Br)s1)c1cccc(Cl)c1. The minimum atomic E-state index is -3.50. The van der Waals surface area contributed by atoms with Crippen molar-refractivity contribution in [2.24, 2.45) is 0 Å². The first-order valence-corrected chi connectivity index (χ1v) is 8.89. The first-order chi connectivity index (χ1) is 8.88. The van der Waals surface area contributed by atoms with Crippen LogP contribution in [0.3, 0.4) is 0 Å². The highest BCUT2D eigenvalue weighted by Gasteiger charge is 2.20. The van der Waals surface area contributed by atoms with Crippen LogP contribution in [0.25, 0.3) is 0 Å². The Morgan fingerprint density at radius 3 is 2.63 bits per heavy atom. The van der Waals surface area contributed by atoms with Crippen molar-refractivity contribution in [3.8, 4) is 0 Å². The van der Waals surface area contributed by atoms with E-state index in [1.807, 2.05) is 6.07 Å². The molecular formula is C12H11BrClNO2S2. The van der Waals surface area contributed by atoms with E-state index in [-0.39, 0.29) is 10.3 Å². The third kappa shape index (κ3) is 3.79. The van der Waals surface area contributed by atoms with Gasteiger partial charge in [0.1, 0.15) is 4.21 Å². The maximum Gasteiger partial charge on any atom is 0.250 e. The molecular weight excluding hydrogens is 370 g/mol. The smallest absolute Gasteiger partial charge is 0.206 e. The number of thiophene rings is 1. The highest BCUT2D eigenvalue weighted by molar-refractivity contribution is 9.11. The van der Waals surface area contributed by atoms with Gasteiger partial charge < -0.3 is 0 Å². The Kier molecular flexibility index (Phi) is 4.68. The summed E-state index contributed by atoms with van der Waals surface area (Å²) < 4.78 is 28.0. The molecule has 0 fully saturated rings. The highest BCUT2D eigenvalue weighted by atomic mass is 79.9. The number of hydrogen-bond donors (Lipinski definition) is 1. The highest BCUT2D eigenvalue weighted by Crippen LogP contribution is 2.27. The van der Waals surface area contributed by atoms with Crippen molar-refractivity contribution in [1.29, 1.82) is 0 Å². The molecule has 19 heavy (non-hydrogen) atoms. The molecule has 1 N–H and O–H groups in total. The van der Waals surface area contributed by atoms with Crippen LogP contribution in [0.4, 0.5) is 0 Å². The molecule has 0 amide bonds. The molecule has 1 heterocycles. The summed E-state index contributed by atoms with van der Waals surface area (Å²) >= 11 is 10.3. The summed E-state index contributed by atoms with van der Waals surface area (Å²) in [5, 5.41) is 0.586. The Balaban J connectivity index is 2.21. The lowest BCUT2D eigenvalue weighted by Gasteiger charge is -2.14. The molecule has 3 nitrogen and oxygen atoms in total. The van der Waals surface area contributed by atoms with Crippen molar-refractivity contribution in [3.63, 3.8) is 0 Å². The monoisotopic (exact) mass is 379 g/mol. The molecule has 0 aliphatic heterocycles. The van der Waals surface area contributed by atoms with Gasteiger partial charge in [0, 0.05) is 11.1 Å². The average molecular weight is 381 g/mol. The summed E-state index contributed by atoms with van der Waals surface area (Å²) in [6.07, 6.45) is 0. The number of hydrogen-bond acceptors (Lipinski definition) is 3. The summed E-state index contributed by atoms with van der Waals surface area (Å²) in [4.78, 5) is 0. The Morgan fingerprint density at radius 1 is 1.32 bits per heavy atom. The largest absolute Gasteiger partial charge is 0.250 e. The minimum Gasteiger partial charge on any atom is -0.206 e. The van der Waals surface area contributed by atoms with Crippen LogP contribution in [0.2, 0.25) is 5.02 Å². The molecule has 0 aliphatic rings. The normalized spacial score (nSPS) is 13.4. The first-order valence-electron chi connectivity index (χ1n) is 5.41. The summed E-state index contributed by atoms with van der Waals surface area (Å²) in [7, 11) is -3.50. The van der Waals surface area contributed by atoms with Gasteiger partial charge in [0.25, 0.3) is 10.0 Å². The lowest BCUT2D eigenvalue weighted by atomic mass is 10.1. The van der Waals surface area contributed by atoms with E-state index >= 15 is 0 Å². The van der Waals surface area contributed by atoms with Crippen LogP contribution >= 0.6 is 38.9 Å². The molecule has 0 saturated carbocycles. The molecule has 0 spiro atoms. The van der Waals surface area contributed by atoms with Crippen LogP contribution < -0.4 is 4.72 Å². The van der Waals surface area contributed by atoms with Crippen molar-refractivity contribution in [1.82, 2.24) is 4.72 Å². The standard InChI is InChI=1S/C12H11BrClNO2S2/c1-8(9-3-2-4-10(14)7-9)15-19(16,17)12-6-5-11(13)18-12/h2-8,15H,1H3/t8-/m1/s1. The van der Waals surface area contributed by atoms with Gasteiger partial charge in [0.2, 0.25) is 0 Å². The van der Waals surface area contributed by atoms with Crippen molar-refractivity contribution in [2.45, 2.75) is 17.2 Å². The van der Waals surface area contributed by atoms with E-state index in [0.29, 0.717) is 5.02 Å². The second-order valence-corrected chi connectivity index (χ2v) is 8.80. The molecule has 7 heteroatoms. The van der Waals surface area contributed by atoms with Crippen molar-refractivity contribution in [2.75, 3.05) is 0 Å². The van der Waals surface area contributed by atoms with Crippen molar-refractivity contribution >= 4 is 48.9 Å². The van der Waals surface area contributed by atoms with Crippen LogP contribution in [0.1, 0.15) is 18.5 Å². The van der Waals surface area contributed by atoms with Gasteiger partial charge in [-0.05, 0) is 52.7 Å². The van der Waals surface area contributed by atoms with E-state index in [0.717, 1.165) is 9.35 Å². The minimum absolute atomic E-state index is 0.285. The van der Waals surface area contributed by atoms with Crippen LogP contribution in [0.5, 0.6) is 0 Å². The number of nitrogens with one attached hydrogen (secondary N) is 1. The lowest BCUT2D eigenvalue weighted by molar-refractivity contribution is 0.569. The first kappa shape index (κ1) is 15.0. The predicted octanol–water partition coefficient (Wildman–Crippen LogP) is 4.20. The lowest BCUT2D eigenvalue weighted by Crippen LogP contribution is -2.26. The molecule has 102 valence electrons. The molecule has 1 aromatic heterocycles. The third-order valence-corrected chi connectivity index (χ3v) is 6.39. The van der Waals surface area contributed by atoms with Crippen LogP contribution in [-0.2, 0) is 10.0 Å². The Hall–Kier alpha value is -0.400. The van der Waals surface area contributed by atoms with Crippen molar-refractivity contribution < 1.29 is 8.42 Å². The van der Waals surface area contributed by atoms with Gasteiger partial charge in [0.15, 0.2) is 0 Å². The van der Waals surface area contributed by atoms with Crippen LogP contribution in [-0.4, -0.2) is 8.42 Å². The predicted molar refractivity (Wildman–Crippen MR) is 82.2 cm³/mol. The van der Waals surface area contributed by atoms with E-state index in [9.17, 15) is 8.42 Å². The van der Waals surface area contributed by atoms with Gasteiger partial charge in [-0.2, -0.15) is 0 Å². The van der Waals surface area contributed by atoms with E-state index < -0.39 is 10.0 Å². The average Bonchev–Trinajstić information content (AvgIpc) is 2.76. The Bertz CT molecular complexity index is 685. The third-order valence-electron chi connectivity index (χ3n) is 2.49. The van der Waals surface area contributed by atoms with E-state index in [1.54, 1.807) is 37.3 Å². The zero-order chi connectivity index (χ0) is 14.0. The van der Waals surface area contributed by atoms with Crippen LogP contribution in [0.15, 0.2) is 44.4 Å². The summed E-state index contributed by atoms with van der Waals surface area (Å²) in [6.45, 7) is 1.78.